The molecule has 3 aromatic rings. The van der Waals surface area contributed by atoms with Crippen LogP contribution < -0.4 is 0 Å². The second-order valence-corrected chi connectivity index (χ2v) is 6.57. The second kappa shape index (κ2) is 5.88. The molecule has 23 heavy (non-hydrogen) atoms. The van der Waals surface area contributed by atoms with Crippen molar-refractivity contribution in [2.45, 2.75) is 24.4 Å². The number of aryl methyl sites for hydroxylation is 1. The molecule has 10 heteroatoms. The van der Waals surface area contributed by atoms with Crippen LogP contribution in [0.1, 0.15) is 12.7 Å². The van der Waals surface area contributed by atoms with Gasteiger partial charge < -0.3 is 0 Å². The summed E-state index contributed by atoms with van der Waals surface area (Å²) in [5.74, 6) is -0.676. The highest BCUT2D eigenvalue weighted by Crippen LogP contribution is 2.19. The zero-order valence-corrected chi connectivity index (χ0v) is 13.0. The highest BCUT2D eigenvalue weighted by molar-refractivity contribution is 7.90. The predicted molar refractivity (Wildman–Crippen MR) is 77.9 cm³/mol. The second-order valence-electron chi connectivity index (χ2n) is 4.69. The average molecular weight is 336 g/mol. The van der Waals surface area contributed by atoms with Crippen LogP contribution in [-0.4, -0.2) is 37.9 Å². The fourth-order valence-electron chi connectivity index (χ4n) is 2.15. The Balaban J connectivity index is 2.03. The molecule has 120 valence electrons. The summed E-state index contributed by atoms with van der Waals surface area (Å²) in [4.78, 5) is 3.94. The van der Waals surface area contributed by atoms with Gasteiger partial charge in [0, 0.05) is 6.54 Å². The maximum atomic E-state index is 13.9. The Hall–Kier alpha value is -2.62. The molecule has 0 spiro atoms. The lowest BCUT2D eigenvalue weighted by Gasteiger charge is -2.08. The molecule has 0 unspecified atom stereocenters. The minimum atomic E-state index is -3.87. The molecule has 8 nitrogen and oxygen atoms in total. The maximum absolute atomic E-state index is 13.9. The van der Waals surface area contributed by atoms with Crippen molar-refractivity contribution in [1.82, 2.24) is 29.5 Å². The van der Waals surface area contributed by atoms with Crippen molar-refractivity contribution in [3.8, 4) is 5.69 Å². The standard InChI is InChI=1S/C13H13FN6O2S/c1-2-20-12(15-8-17-20)7-23(21,22)13-18-16-9-19(13)11-6-4-3-5-10(11)14/h3-6,8-9H,2,7H2,1H3. The number of benzene rings is 1. The Morgan fingerprint density at radius 2 is 2.04 bits per heavy atom. The van der Waals surface area contributed by atoms with Crippen LogP contribution in [0, 0.1) is 5.82 Å². The molecule has 0 aliphatic heterocycles. The molecule has 0 amide bonds. The third-order valence-corrected chi connectivity index (χ3v) is 4.69. The average Bonchev–Trinajstić information content (AvgIpc) is 3.16. The first-order valence-corrected chi connectivity index (χ1v) is 8.42. The van der Waals surface area contributed by atoms with Gasteiger partial charge in [-0.3, -0.25) is 4.57 Å². The number of aromatic nitrogens is 6. The molecule has 2 heterocycles. The lowest BCUT2D eigenvalue weighted by atomic mass is 10.3. The van der Waals surface area contributed by atoms with E-state index in [0.29, 0.717) is 6.54 Å². The monoisotopic (exact) mass is 336 g/mol. The number of halogens is 1. The van der Waals surface area contributed by atoms with Gasteiger partial charge in [-0.05, 0) is 19.1 Å². The lowest BCUT2D eigenvalue weighted by molar-refractivity contribution is 0.569. The van der Waals surface area contributed by atoms with Gasteiger partial charge in [0.2, 0.25) is 9.84 Å². The summed E-state index contributed by atoms with van der Waals surface area (Å²) < 4.78 is 41.7. The smallest absolute Gasteiger partial charge is 0.254 e. The first-order valence-electron chi connectivity index (χ1n) is 6.77. The van der Waals surface area contributed by atoms with Crippen molar-refractivity contribution in [1.29, 1.82) is 0 Å². The van der Waals surface area contributed by atoms with Gasteiger partial charge in [-0.2, -0.15) is 5.10 Å². The Kier molecular flexibility index (Phi) is 3.90. The van der Waals surface area contributed by atoms with Crippen LogP contribution >= 0.6 is 0 Å². The molecule has 2 aromatic heterocycles. The molecule has 0 aliphatic carbocycles. The number of hydrogen-bond acceptors (Lipinski definition) is 6. The quantitative estimate of drug-likeness (QED) is 0.689. The molecule has 0 bridgehead atoms. The Bertz CT molecular complexity index is 933. The summed E-state index contributed by atoms with van der Waals surface area (Å²) >= 11 is 0. The first kappa shape index (κ1) is 15.3. The number of para-hydroxylation sites is 1. The van der Waals surface area contributed by atoms with Gasteiger partial charge in [0.05, 0.1) is 5.69 Å². The molecule has 1 aromatic carbocycles. The third kappa shape index (κ3) is 2.84. The summed E-state index contributed by atoms with van der Waals surface area (Å²) in [5, 5.41) is 10.8. The van der Waals surface area contributed by atoms with Crippen molar-refractivity contribution < 1.29 is 12.8 Å². The van der Waals surface area contributed by atoms with E-state index in [4.69, 9.17) is 0 Å². The summed E-state index contributed by atoms with van der Waals surface area (Å²) in [6.07, 6.45) is 2.45. The van der Waals surface area contributed by atoms with Gasteiger partial charge in [0.25, 0.3) is 5.16 Å². The number of sulfone groups is 1. The van der Waals surface area contributed by atoms with Crippen LogP contribution in [0.15, 0.2) is 42.1 Å². The molecule has 0 saturated heterocycles. The lowest BCUT2D eigenvalue weighted by Crippen LogP contribution is -2.16. The number of nitrogens with zero attached hydrogens (tertiary/aromatic N) is 6. The normalized spacial score (nSPS) is 11.7. The van der Waals surface area contributed by atoms with E-state index in [1.807, 2.05) is 6.92 Å². The largest absolute Gasteiger partial charge is 0.269 e. The summed E-state index contributed by atoms with van der Waals surface area (Å²) in [6.45, 7) is 2.32. The van der Waals surface area contributed by atoms with Crippen molar-refractivity contribution in [2.75, 3.05) is 0 Å². The van der Waals surface area contributed by atoms with E-state index >= 15 is 0 Å². The molecule has 0 aliphatic rings. The Morgan fingerprint density at radius 1 is 1.26 bits per heavy atom. The fourth-order valence-corrected chi connectivity index (χ4v) is 3.46. The van der Waals surface area contributed by atoms with Crippen LogP contribution in [0.25, 0.3) is 5.69 Å². The van der Waals surface area contributed by atoms with Gasteiger partial charge in [-0.1, -0.05) is 12.1 Å². The Morgan fingerprint density at radius 3 is 2.78 bits per heavy atom. The van der Waals surface area contributed by atoms with Gasteiger partial charge in [-0.25, -0.2) is 22.5 Å². The molecular weight excluding hydrogens is 323 g/mol. The predicted octanol–water partition coefficient (Wildman–Crippen LogP) is 0.992. The van der Waals surface area contributed by atoms with Gasteiger partial charge >= 0.3 is 0 Å². The zero-order valence-electron chi connectivity index (χ0n) is 12.2. The minimum absolute atomic E-state index is 0.0630. The molecule has 0 fully saturated rings. The van der Waals surface area contributed by atoms with E-state index in [1.54, 1.807) is 6.07 Å². The van der Waals surface area contributed by atoms with Gasteiger partial charge in [0.15, 0.2) is 0 Å². The van der Waals surface area contributed by atoms with Gasteiger partial charge in [-0.15, -0.1) is 10.2 Å². The Labute approximate surface area is 131 Å². The van der Waals surface area contributed by atoms with E-state index in [9.17, 15) is 12.8 Å². The van der Waals surface area contributed by atoms with Crippen molar-refractivity contribution in [3.05, 3.63) is 48.6 Å². The number of rotatable bonds is 5. The summed E-state index contributed by atoms with van der Waals surface area (Å²) in [7, 11) is -3.87. The molecule has 0 atom stereocenters. The summed E-state index contributed by atoms with van der Waals surface area (Å²) in [5.41, 5.74) is 0.0630. The minimum Gasteiger partial charge on any atom is -0.269 e. The van der Waals surface area contributed by atoms with Crippen molar-refractivity contribution in [3.63, 3.8) is 0 Å². The van der Waals surface area contributed by atoms with Crippen molar-refractivity contribution in [2.24, 2.45) is 0 Å². The van der Waals surface area contributed by atoms with Crippen LogP contribution in [0.5, 0.6) is 0 Å². The first-order chi connectivity index (χ1) is 11.0. The van der Waals surface area contributed by atoms with Crippen LogP contribution in [0.2, 0.25) is 0 Å². The topological polar surface area (TPSA) is 95.6 Å². The van der Waals surface area contributed by atoms with E-state index in [1.165, 1.54) is 29.2 Å². The molecule has 0 N–H and O–H groups in total. The maximum Gasteiger partial charge on any atom is 0.254 e. The van der Waals surface area contributed by atoms with E-state index in [0.717, 1.165) is 10.9 Å². The molecule has 3 rings (SSSR count). The molecular formula is C13H13FN6O2S. The highest BCUT2D eigenvalue weighted by atomic mass is 32.2. The van der Waals surface area contributed by atoms with Gasteiger partial charge in [0.1, 0.15) is 30.0 Å². The fraction of sp³-hybridized carbons (Fsp3) is 0.231. The molecule has 0 saturated carbocycles. The van der Waals surface area contributed by atoms with E-state index < -0.39 is 21.4 Å². The van der Waals surface area contributed by atoms with Crippen LogP contribution in [0.3, 0.4) is 0 Å². The third-order valence-electron chi connectivity index (χ3n) is 3.22. The summed E-state index contributed by atoms with van der Waals surface area (Å²) in [6, 6.07) is 5.80. The molecule has 0 radical (unpaired) electrons. The van der Waals surface area contributed by atoms with E-state index in [-0.39, 0.29) is 16.7 Å². The SMILES string of the molecule is CCn1ncnc1CS(=O)(=O)c1nncn1-c1ccccc1F. The zero-order chi connectivity index (χ0) is 16.4. The van der Waals surface area contributed by atoms with Crippen LogP contribution in [-0.2, 0) is 22.1 Å². The number of hydrogen-bond donors (Lipinski definition) is 0. The van der Waals surface area contributed by atoms with Crippen LogP contribution in [0.4, 0.5) is 4.39 Å². The highest BCUT2D eigenvalue weighted by Gasteiger charge is 2.26. The van der Waals surface area contributed by atoms with E-state index in [2.05, 4.69) is 20.3 Å². The van der Waals surface area contributed by atoms with Crippen molar-refractivity contribution >= 4 is 9.84 Å².